The van der Waals surface area contributed by atoms with Crippen LogP contribution in [0.3, 0.4) is 0 Å². The lowest BCUT2D eigenvalue weighted by Crippen LogP contribution is -2.38. The predicted octanol–water partition coefficient (Wildman–Crippen LogP) is 1.75. The molecule has 76 valence electrons. The summed E-state index contributed by atoms with van der Waals surface area (Å²) in [6, 6.07) is 9.55. The summed E-state index contributed by atoms with van der Waals surface area (Å²) in [5.41, 5.74) is 8.63. The van der Waals surface area contributed by atoms with Gasteiger partial charge in [-0.2, -0.15) is 0 Å². The van der Waals surface area contributed by atoms with E-state index in [1.54, 1.807) is 0 Å². The maximum atomic E-state index is 5.95. The fourth-order valence-corrected chi connectivity index (χ4v) is 2.00. The van der Waals surface area contributed by atoms with E-state index in [1.807, 2.05) is 0 Å². The normalized spacial score (nSPS) is 27.6. The quantitative estimate of drug-likeness (QED) is 0.708. The van der Waals surface area contributed by atoms with Crippen LogP contribution in [-0.2, 0) is 0 Å². The summed E-state index contributed by atoms with van der Waals surface area (Å²) in [5.74, 6) is 0. The number of hydrogen-bond acceptors (Lipinski definition) is 2. The van der Waals surface area contributed by atoms with Gasteiger partial charge in [-0.3, -0.25) is 0 Å². The lowest BCUT2D eigenvalue weighted by Gasteiger charge is -2.28. The molecule has 0 radical (unpaired) electrons. The highest BCUT2D eigenvalue weighted by Crippen LogP contribution is 2.22. The van der Waals surface area contributed by atoms with Crippen molar-refractivity contribution in [3.8, 4) is 0 Å². The van der Waals surface area contributed by atoms with Crippen LogP contribution in [-0.4, -0.2) is 12.6 Å². The molecule has 0 saturated carbocycles. The standard InChI is InChI=1S/C12H18N2/c1-9-2-4-10(5-3-9)12-8-11(13)6-7-14-12/h2-5,11-12,14H,6-8,13H2,1H3/t11-,12+/m1/s1. The summed E-state index contributed by atoms with van der Waals surface area (Å²) in [6.45, 7) is 3.16. The molecule has 0 bridgehead atoms. The second kappa shape index (κ2) is 4.11. The largest absolute Gasteiger partial charge is 0.328 e. The summed E-state index contributed by atoms with van der Waals surface area (Å²) in [5, 5.41) is 3.51. The Balaban J connectivity index is 2.10. The van der Waals surface area contributed by atoms with Crippen LogP contribution in [0.2, 0.25) is 0 Å². The number of piperidine rings is 1. The fraction of sp³-hybridized carbons (Fsp3) is 0.500. The molecule has 1 heterocycles. The lowest BCUT2D eigenvalue weighted by atomic mass is 9.94. The van der Waals surface area contributed by atoms with E-state index in [9.17, 15) is 0 Å². The van der Waals surface area contributed by atoms with Crippen LogP contribution in [0.5, 0.6) is 0 Å². The first-order valence-corrected chi connectivity index (χ1v) is 5.31. The Morgan fingerprint density at radius 2 is 2.00 bits per heavy atom. The Kier molecular flexibility index (Phi) is 2.85. The summed E-state index contributed by atoms with van der Waals surface area (Å²) in [6.07, 6.45) is 2.16. The SMILES string of the molecule is Cc1ccc([C@@H]2C[C@H](N)CCN2)cc1. The Hall–Kier alpha value is -0.860. The van der Waals surface area contributed by atoms with Gasteiger partial charge in [0.2, 0.25) is 0 Å². The van der Waals surface area contributed by atoms with Crippen molar-refractivity contribution in [2.45, 2.75) is 31.8 Å². The van der Waals surface area contributed by atoms with Crippen LogP contribution in [0.15, 0.2) is 24.3 Å². The molecule has 0 unspecified atom stereocenters. The molecule has 2 rings (SSSR count). The third-order valence-corrected chi connectivity index (χ3v) is 2.92. The number of rotatable bonds is 1. The molecule has 1 fully saturated rings. The summed E-state index contributed by atoms with van der Waals surface area (Å²) < 4.78 is 0. The maximum Gasteiger partial charge on any atom is 0.0334 e. The first kappa shape index (κ1) is 9.69. The summed E-state index contributed by atoms with van der Waals surface area (Å²) >= 11 is 0. The van der Waals surface area contributed by atoms with Gasteiger partial charge in [-0.05, 0) is 31.9 Å². The smallest absolute Gasteiger partial charge is 0.0334 e. The molecule has 0 aliphatic carbocycles. The van der Waals surface area contributed by atoms with Crippen LogP contribution in [0, 0.1) is 6.92 Å². The zero-order valence-electron chi connectivity index (χ0n) is 8.66. The van der Waals surface area contributed by atoms with E-state index in [0.29, 0.717) is 12.1 Å². The molecule has 1 saturated heterocycles. The second-order valence-corrected chi connectivity index (χ2v) is 4.20. The van der Waals surface area contributed by atoms with E-state index in [2.05, 4.69) is 36.5 Å². The van der Waals surface area contributed by atoms with E-state index < -0.39 is 0 Å². The van der Waals surface area contributed by atoms with E-state index in [-0.39, 0.29) is 0 Å². The van der Waals surface area contributed by atoms with Crippen molar-refractivity contribution >= 4 is 0 Å². The molecule has 1 aliphatic heterocycles. The molecule has 1 aromatic rings. The van der Waals surface area contributed by atoms with Crippen molar-refractivity contribution < 1.29 is 0 Å². The monoisotopic (exact) mass is 190 g/mol. The van der Waals surface area contributed by atoms with Crippen LogP contribution in [0.25, 0.3) is 0 Å². The predicted molar refractivity (Wildman–Crippen MR) is 59.1 cm³/mol. The van der Waals surface area contributed by atoms with Crippen molar-refractivity contribution in [3.63, 3.8) is 0 Å². The van der Waals surface area contributed by atoms with Crippen molar-refractivity contribution in [1.82, 2.24) is 5.32 Å². The van der Waals surface area contributed by atoms with E-state index >= 15 is 0 Å². The number of hydrogen-bond donors (Lipinski definition) is 2. The zero-order chi connectivity index (χ0) is 9.97. The molecular weight excluding hydrogens is 172 g/mol. The van der Waals surface area contributed by atoms with Gasteiger partial charge in [0.1, 0.15) is 0 Å². The third-order valence-electron chi connectivity index (χ3n) is 2.92. The third kappa shape index (κ3) is 2.14. The first-order valence-electron chi connectivity index (χ1n) is 5.31. The van der Waals surface area contributed by atoms with E-state index in [1.165, 1.54) is 11.1 Å². The summed E-state index contributed by atoms with van der Waals surface area (Å²) in [4.78, 5) is 0. The van der Waals surface area contributed by atoms with Crippen LogP contribution >= 0.6 is 0 Å². The minimum atomic E-state index is 0.363. The summed E-state index contributed by atoms with van der Waals surface area (Å²) in [7, 11) is 0. The Morgan fingerprint density at radius 3 is 2.64 bits per heavy atom. The fourth-order valence-electron chi connectivity index (χ4n) is 2.00. The van der Waals surface area contributed by atoms with Gasteiger partial charge in [0.05, 0.1) is 0 Å². The average Bonchev–Trinajstić information content (AvgIpc) is 2.19. The van der Waals surface area contributed by atoms with Crippen molar-refractivity contribution in [2.24, 2.45) is 5.73 Å². The maximum absolute atomic E-state index is 5.95. The molecule has 0 spiro atoms. The molecular formula is C12H18N2. The van der Waals surface area contributed by atoms with Crippen molar-refractivity contribution in [3.05, 3.63) is 35.4 Å². The van der Waals surface area contributed by atoms with Gasteiger partial charge in [-0.15, -0.1) is 0 Å². The van der Waals surface area contributed by atoms with Gasteiger partial charge >= 0.3 is 0 Å². The van der Waals surface area contributed by atoms with Gasteiger partial charge in [-0.25, -0.2) is 0 Å². The Morgan fingerprint density at radius 1 is 1.29 bits per heavy atom. The minimum absolute atomic E-state index is 0.363. The molecule has 2 nitrogen and oxygen atoms in total. The molecule has 2 heteroatoms. The van der Waals surface area contributed by atoms with E-state index in [0.717, 1.165) is 19.4 Å². The topological polar surface area (TPSA) is 38.0 Å². The number of nitrogens with two attached hydrogens (primary N) is 1. The van der Waals surface area contributed by atoms with Gasteiger partial charge in [0.15, 0.2) is 0 Å². The second-order valence-electron chi connectivity index (χ2n) is 4.20. The molecule has 3 N–H and O–H groups in total. The van der Waals surface area contributed by atoms with Crippen LogP contribution in [0.4, 0.5) is 0 Å². The lowest BCUT2D eigenvalue weighted by molar-refractivity contribution is 0.369. The molecule has 0 aromatic heterocycles. The van der Waals surface area contributed by atoms with Crippen molar-refractivity contribution in [2.75, 3.05) is 6.54 Å². The zero-order valence-corrected chi connectivity index (χ0v) is 8.66. The molecule has 14 heavy (non-hydrogen) atoms. The molecule has 1 aliphatic rings. The molecule has 1 aromatic carbocycles. The highest BCUT2D eigenvalue weighted by Gasteiger charge is 2.19. The minimum Gasteiger partial charge on any atom is -0.328 e. The van der Waals surface area contributed by atoms with Gasteiger partial charge < -0.3 is 11.1 Å². The Bertz CT molecular complexity index is 292. The average molecular weight is 190 g/mol. The Labute approximate surface area is 85.5 Å². The van der Waals surface area contributed by atoms with E-state index in [4.69, 9.17) is 5.73 Å². The van der Waals surface area contributed by atoms with Gasteiger partial charge in [0, 0.05) is 12.1 Å². The molecule has 2 atom stereocenters. The van der Waals surface area contributed by atoms with Gasteiger partial charge in [-0.1, -0.05) is 29.8 Å². The number of nitrogens with one attached hydrogen (secondary N) is 1. The highest BCUT2D eigenvalue weighted by molar-refractivity contribution is 5.24. The number of aryl methyl sites for hydroxylation is 1. The van der Waals surface area contributed by atoms with Crippen LogP contribution in [0.1, 0.15) is 30.0 Å². The van der Waals surface area contributed by atoms with Crippen molar-refractivity contribution in [1.29, 1.82) is 0 Å². The molecule has 0 amide bonds. The highest BCUT2D eigenvalue weighted by atomic mass is 14.9. The van der Waals surface area contributed by atoms with Crippen LogP contribution < -0.4 is 11.1 Å². The first-order chi connectivity index (χ1) is 6.75. The van der Waals surface area contributed by atoms with Gasteiger partial charge in [0.25, 0.3) is 0 Å². The number of benzene rings is 1.